The van der Waals surface area contributed by atoms with Crippen molar-refractivity contribution in [3.8, 4) is 16.9 Å². The fraction of sp³-hybridized carbons (Fsp3) is 0.375. The van der Waals surface area contributed by atoms with Gasteiger partial charge >= 0.3 is 18.4 Å². The number of nitrogens with one attached hydrogen (secondary N) is 1. The number of ether oxygens (including phenoxy) is 1. The molecule has 2 aliphatic rings. The van der Waals surface area contributed by atoms with E-state index in [4.69, 9.17) is 4.74 Å². The number of nitrogens with zero attached hydrogens (tertiary/aromatic N) is 3. The molecule has 6 nitrogen and oxygen atoms in total. The smallest absolute Gasteiger partial charge is 0.416 e. The molecule has 1 N–H and O–H groups in total. The molecule has 12 heteroatoms. The predicted molar refractivity (Wildman–Crippen MR) is 152 cm³/mol. The monoisotopic (exact) mass is 616 g/mol. The minimum Gasteiger partial charge on any atom is -0.491 e. The average molecular weight is 617 g/mol. The van der Waals surface area contributed by atoms with Crippen molar-refractivity contribution in [2.24, 2.45) is 0 Å². The molecule has 1 aromatic heterocycles. The molecule has 44 heavy (non-hydrogen) atoms. The van der Waals surface area contributed by atoms with E-state index in [1.54, 1.807) is 4.90 Å². The van der Waals surface area contributed by atoms with Crippen LogP contribution in [0.1, 0.15) is 58.9 Å². The third-order valence-electron chi connectivity index (χ3n) is 8.27. The summed E-state index contributed by atoms with van der Waals surface area (Å²) < 4.78 is 87.8. The van der Waals surface area contributed by atoms with Crippen LogP contribution >= 0.6 is 0 Å². The fourth-order valence-corrected chi connectivity index (χ4v) is 6.22. The first kappa shape index (κ1) is 29.8. The second kappa shape index (κ2) is 11.0. The van der Waals surface area contributed by atoms with Crippen LogP contribution in [0.3, 0.4) is 0 Å². The Morgan fingerprint density at radius 1 is 0.909 bits per heavy atom. The molecule has 1 fully saturated rings. The number of urea groups is 1. The molecule has 0 aliphatic carbocycles. The molecule has 0 spiro atoms. The van der Waals surface area contributed by atoms with Gasteiger partial charge < -0.3 is 19.5 Å². The molecule has 4 aromatic rings. The number of carbonyl (C=O) groups is 1. The molecule has 1 atom stereocenters. The highest BCUT2D eigenvalue weighted by molar-refractivity contribution is 5.83. The highest BCUT2D eigenvalue weighted by Crippen LogP contribution is 2.41. The van der Waals surface area contributed by atoms with Gasteiger partial charge in [-0.05, 0) is 97.8 Å². The molecule has 3 aromatic carbocycles. The van der Waals surface area contributed by atoms with Crippen LogP contribution in [-0.2, 0) is 18.9 Å². The summed E-state index contributed by atoms with van der Waals surface area (Å²) in [6.07, 6.45) is -8.53. The molecule has 3 heterocycles. The Labute approximate surface area is 249 Å². The number of aromatic amines is 1. The van der Waals surface area contributed by atoms with Crippen LogP contribution in [0.5, 0.6) is 5.75 Å². The zero-order chi connectivity index (χ0) is 31.4. The van der Waals surface area contributed by atoms with Crippen LogP contribution in [0.25, 0.3) is 22.2 Å². The normalized spacial score (nSPS) is 17.8. The molecule has 1 saturated heterocycles. The van der Waals surface area contributed by atoms with E-state index in [2.05, 4.69) is 9.97 Å². The predicted octanol–water partition coefficient (Wildman–Crippen LogP) is 8.43. The highest BCUT2D eigenvalue weighted by atomic mass is 19.4. The van der Waals surface area contributed by atoms with Crippen LogP contribution < -0.4 is 4.74 Å². The van der Waals surface area contributed by atoms with E-state index >= 15 is 0 Å². The molecule has 1 unspecified atom stereocenters. The molecule has 2 amide bonds. The summed E-state index contributed by atoms with van der Waals surface area (Å²) in [4.78, 5) is 24.7. The van der Waals surface area contributed by atoms with Crippen molar-refractivity contribution < 1.29 is 35.9 Å². The average Bonchev–Trinajstić information content (AvgIpc) is 3.20. The van der Waals surface area contributed by atoms with E-state index in [-0.39, 0.29) is 44.3 Å². The number of hydrogen-bond donors (Lipinski definition) is 1. The SMILES string of the molecule is Cc1nc2ccc(-c3cc(C)c4c(c3)CN(C(=O)N3CCCCC3c3cc(C(F)(F)F)cc(C(F)(F)F)c3)CCO4)cc2[nH]1. The number of benzene rings is 3. The van der Waals surface area contributed by atoms with E-state index in [1.807, 2.05) is 44.2 Å². The lowest BCUT2D eigenvalue weighted by Crippen LogP contribution is -2.47. The van der Waals surface area contributed by atoms with Gasteiger partial charge in [0, 0.05) is 12.1 Å². The number of amides is 2. The molecule has 2 aliphatic heterocycles. The topological polar surface area (TPSA) is 61.5 Å². The highest BCUT2D eigenvalue weighted by Gasteiger charge is 2.39. The molecule has 6 rings (SSSR count). The number of imidazole rings is 1. The summed E-state index contributed by atoms with van der Waals surface area (Å²) in [6.45, 7) is 4.59. The molecule has 232 valence electrons. The van der Waals surface area contributed by atoms with Crippen molar-refractivity contribution in [1.82, 2.24) is 19.8 Å². The van der Waals surface area contributed by atoms with Gasteiger partial charge in [0.25, 0.3) is 0 Å². The van der Waals surface area contributed by atoms with Gasteiger partial charge in [0.05, 0.1) is 41.3 Å². The Kier molecular flexibility index (Phi) is 7.49. The van der Waals surface area contributed by atoms with Gasteiger partial charge in [-0.1, -0.05) is 6.07 Å². The number of halogens is 6. The quantitative estimate of drug-likeness (QED) is 0.230. The van der Waals surface area contributed by atoms with Crippen LogP contribution in [0.2, 0.25) is 0 Å². The van der Waals surface area contributed by atoms with Crippen molar-refractivity contribution >= 4 is 17.1 Å². The lowest BCUT2D eigenvalue weighted by atomic mass is 9.92. The van der Waals surface area contributed by atoms with E-state index < -0.39 is 35.6 Å². The Hall–Kier alpha value is -4.22. The maximum Gasteiger partial charge on any atom is 0.416 e. The standard InChI is InChI=1S/C32H30F6N4O2/c1-18-11-21(20-6-7-26-27(15-20)40-19(2)39-26)12-23-17-41(9-10-44-29(18)23)30(43)42-8-4-3-5-28(42)22-13-24(31(33,34)35)16-25(14-22)32(36,37)38/h6-7,11-16,28H,3-5,8-10,17H2,1-2H3,(H,39,40). The maximum absolute atomic E-state index is 14.0. The van der Waals surface area contributed by atoms with Crippen molar-refractivity contribution in [3.63, 3.8) is 0 Å². The maximum atomic E-state index is 14.0. The van der Waals surface area contributed by atoms with Gasteiger partial charge in [0.1, 0.15) is 18.2 Å². The Morgan fingerprint density at radius 3 is 2.34 bits per heavy atom. The minimum absolute atomic E-state index is 0.118. The second-order valence-corrected chi connectivity index (χ2v) is 11.4. The van der Waals surface area contributed by atoms with Crippen LogP contribution in [0.4, 0.5) is 31.1 Å². The Balaban J connectivity index is 1.32. The third-order valence-corrected chi connectivity index (χ3v) is 8.27. The first-order valence-electron chi connectivity index (χ1n) is 14.4. The second-order valence-electron chi connectivity index (χ2n) is 11.4. The van der Waals surface area contributed by atoms with Crippen molar-refractivity contribution in [1.29, 1.82) is 0 Å². The van der Waals surface area contributed by atoms with E-state index in [1.165, 1.54) is 4.90 Å². The lowest BCUT2D eigenvalue weighted by molar-refractivity contribution is -0.143. The number of likely N-dealkylation sites (tertiary alicyclic amines) is 1. The van der Waals surface area contributed by atoms with Crippen molar-refractivity contribution in [3.05, 3.63) is 82.2 Å². The summed E-state index contributed by atoms with van der Waals surface area (Å²) in [7, 11) is 0. The Bertz CT molecular complexity index is 1700. The minimum atomic E-state index is -4.97. The van der Waals surface area contributed by atoms with Gasteiger partial charge in [-0.2, -0.15) is 26.3 Å². The van der Waals surface area contributed by atoms with E-state index in [0.717, 1.165) is 51.2 Å². The van der Waals surface area contributed by atoms with Gasteiger partial charge in [-0.3, -0.25) is 0 Å². The van der Waals surface area contributed by atoms with Gasteiger partial charge in [0.15, 0.2) is 0 Å². The Morgan fingerprint density at radius 2 is 1.64 bits per heavy atom. The number of aromatic nitrogens is 2. The summed E-state index contributed by atoms with van der Waals surface area (Å²) >= 11 is 0. The number of hydrogen-bond acceptors (Lipinski definition) is 3. The summed E-state index contributed by atoms with van der Waals surface area (Å²) in [5.74, 6) is 1.46. The molecule has 0 saturated carbocycles. The number of carbonyl (C=O) groups excluding carboxylic acids is 1. The third kappa shape index (κ3) is 5.81. The number of piperidine rings is 1. The van der Waals surface area contributed by atoms with E-state index in [9.17, 15) is 31.1 Å². The first-order valence-corrected chi connectivity index (χ1v) is 14.4. The number of aryl methyl sites for hydroxylation is 2. The van der Waals surface area contributed by atoms with Gasteiger partial charge in [-0.25, -0.2) is 9.78 Å². The van der Waals surface area contributed by atoms with Crippen molar-refractivity contribution in [2.45, 2.75) is 58.0 Å². The largest absolute Gasteiger partial charge is 0.491 e. The van der Waals surface area contributed by atoms with E-state index in [0.29, 0.717) is 18.6 Å². The number of H-pyrrole nitrogens is 1. The lowest BCUT2D eigenvalue weighted by Gasteiger charge is -2.39. The number of rotatable bonds is 2. The van der Waals surface area contributed by atoms with Gasteiger partial charge in [0.2, 0.25) is 0 Å². The number of fused-ring (bicyclic) bond motifs is 2. The summed E-state index contributed by atoms with van der Waals surface area (Å²) in [5, 5.41) is 0. The fourth-order valence-electron chi connectivity index (χ4n) is 6.22. The zero-order valence-electron chi connectivity index (χ0n) is 24.1. The van der Waals surface area contributed by atoms with Crippen LogP contribution in [-0.4, -0.2) is 45.5 Å². The molecule has 0 bridgehead atoms. The molecular formula is C32H30F6N4O2. The van der Waals surface area contributed by atoms with Crippen molar-refractivity contribution in [2.75, 3.05) is 19.7 Å². The van der Waals surface area contributed by atoms with Gasteiger partial charge in [-0.15, -0.1) is 0 Å². The van der Waals surface area contributed by atoms with Crippen LogP contribution in [0, 0.1) is 13.8 Å². The summed E-state index contributed by atoms with van der Waals surface area (Å²) in [6, 6.07) is 10.1. The molecule has 0 radical (unpaired) electrons. The summed E-state index contributed by atoms with van der Waals surface area (Å²) in [5.41, 5.74) is 2.29. The zero-order valence-corrected chi connectivity index (χ0v) is 24.1. The number of alkyl halides is 6. The van der Waals surface area contributed by atoms with Crippen LogP contribution in [0.15, 0.2) is 48.5 Å². The first-order chi connectivity index (χ1) is 20.8. The molecular weight excluding hydrogens is 586 g/mol.